The van der Waals surface area contributed by atoms with E-state index in [9.17, 15) is 10.1 Å². The summed E-state index contributed by atoms with van der Waals surface area (Å²) in [5.41, 5.74) is 3.42. The van der Waals surface area contributed by atoms with Crippen molar-refractivity contribution in [3.05, 3.63) is 59.2 Å². The number of piperazine rings is 1. The first-order chi connectivity index (χ1) is 13.1. The van der Waals surface area contributed by atoms with Gasteiger partial charge in [-0.15, -0.1) is 0 Å². The molecule has 2 aromatic carbocycles. The van der Waals surface area contributed by atoms with Gasteiger partial charge in [-0.05, 0) is 49.7 Å². The van der Waals surface area contributed by atoms with E-state index < -0.39 is 0 Å². The number of carbonyl (C=O) groups excluding carboxylic acids is 1. The molecule has 140 valence electrons. The van der Waals surface area contributed by atoms with Crippen LogP contribution in [0, 0.1) is 11.3 Å². The molecule has 27 heavy (non-hydrogen) atoms. The Morgan fingerprint density at radius 1 is 1.11 bits per heavy atom. The lowest BCUT2D eigenvalue weighted by atomic mass is 10.0. The molecule has 0 amide bonds. The van der Waals surface area contributed by atoms with Crippen molar-refractivity contribution in [2.24, 2.45) is 0 Å². The lowest BCUT2D eigenvalue weighted by molar-refractivity contribution is 0.101. The molecular weight excluding hydrogens is 338 g/mol. The van der Waals surface area contributed by atoms with Gasteiger partial charge in [-0.3, -0.25) is 9.69 Å². The molecule has 5 nitrogen and oxygen atoms in total. The van der Waals surface area contributed by atoms with Crippen LogP contribution >= 0.6 is 0 Å². The van der Waals surface area contributed by atoms with Crippen LogP contribution in [0.15, 0.2) is 42.5 Å². The fraction of sp³-hybridized carbons (Fsp3) is 0.364. The van der Waals surface area contributed by atoms with E-state index in [-0.39, 0.29) is 5.78 Å². The molecule has 1 heterocycles. The van der Waals surface area contributed by atoms with Crippen molar-refractivity contribution in [2.75, 3.05) is 37.7 Å². The SMILES string of the molecule is CCOc1ccc(CN2CCN(c3cc(C#N)ccc3C(C)=O)CC2)cc1. The van der Waals surface area contributed by atoms with Crippen molar-refractivity contribution < 1.29 is 9.53 Å². The molecule has 0 saturated carbocycles. The Morgan fingerprint density at radius 3 is 2.41 bits per heavy atom. The molecule has 3 rings (SSSR count). The first kappa shape index (κ1) is 18.9. The predicted molar refractivity (Wildman–Crippen MR) is 106 cm³/mol. The summed E-state index contributed by atoms with van der Waals surface area (Å²) >= 11 is 0. The Balaban J connectivity index is 1.63. The molecule has 1 saturated heterocycles. The van der Waals surface area contributed by atoms with Gasteiger partial charge in [-0.1, -0.05) is 12.1 Å². The number of hydrogen-bond donors (Lipinski definition) is 0. The van der Waals surface area contributed by atoms with Crippen LogP contribution in [0.1, 0.15) is 35.3 Å². The van der Waals surface area contributed by atoms with Gasteiger partial charge in [0.05, 0.1) is 18.2 Å². The van der Waals surface area contributed by atoms with Crippen molar-refractivity contribution in [1.82, 2.24) is 4.90 Å². The Labute approximate surface area is 160 Å². The monoisotopic (exact) mass is 363 g/mol. The average molecular weight is 363 g/mol. The number of Topliss-reactive ketones (excluding diaryl/α,β-unsaturated/α-hetero) is 1. The lowest BCUT2D eigenvalue weighted by Crippen LogP contribution is -2.46. The van der Waals surface area contributed by atoms with E-state index in [0.29, 0.717) is 17.7 Å². The maximum Gasteiger partial charge on any atom is 0.161 e. The second-order valence-electron chi connectivity index (χ2n) is 6.74. The van der Waals surface area contributed by atoms with Gasteiger partial charge < -0.3 is 9.64 Å². The van der Waals surface area contributed by atoms with Crippen molar-refractivity contribution in [1.29, 1.82) is 5.26 Å². The first-order valence-corrected chi connectivity index (χ1v) is 9.35. The summed E-state index contributed by atoms with van der Waals surface area (Å²) in [4.78, 5) is 16.6. The zero-order valence-corrected chi connectivity index (χ0v) is 15.9. The van der Waals surface area contributed by atoms with Gasteiger partial charge in [0.2, 0.25) is 0 Å². The largest absolute Gasteiger partial charge is 0.494 e. The van der Waals surface area contributed by atoms with Crippen LogP contribution in [-0.2, 0) is 6.54 Å². The quantitative estimate of drug-likeness (QED) is 0.736. The van der Waals surface area contributed by atoms with Crippen LogP contribution in [0.25, 0.3) is 0 Å². The third kappa shape index (κ3) is 4.66. The molecule has 1 aliphatic heterocycles. The normalized spacial score (nSPS) is 14.6. The van der Waals surface area contributed by atoms with E-state index in [1.165, 1.54) is 5.56 Å². The minimum atomic E-state index is 0.0336. The van der Waals surface area contributed by atoms with Crippen molar-refractivity contribution in [3.63, 3.8) is 0 Å². The van der Waals surface area contributed by atoms with Crippen molar-refractivity contribution >= 4 is 11.5 Å². The lowest BCUT2D eigenvalue weighted by Gasteiger charge is -2.37. The molecule has 0 aliphatic carbocycles. The molecule has 0 bridgehead atoms. The van der Waals surface area contributed by atoms with E-state index in [1.54, 1.807) is 19.1 Å². The van der Waals surface area contributed by atoms with E-state index >= 15 is 0 Å². The molecule has 1 aliphatic rings. The minimum Gasteiger partial charge on any atom is -0.494 e. The summed E-state index contributed by atoms with van der Waals surface area (Å²) in [6.45, 7) is 8.65. The number of nitrogens with zero attached hydrogens (tertiary/aromatic N) is 3. The van der Waals surface area contributed by atoms with Crippen LogP contribution in [0.3, 0.4) is 0 Å². The van der Waals surface area contributed by atoms with Crippen molar-refractivity contribution in [3.8, 4) is 11.8 Å². The van der Waals surface area contributed by atoms with Gasteiger partial charge in [0.1, 0.15) is 5.75 Å². The number of hydrogen-bond acceptors (Lipinski definition) is 5. The molecule has 5 heteroatoms. The number of ether oxygens (including phenoxy) is 1. The van der Waals surface area contributed by atoms with Crippen LogP contribution in [0.5, 0.6) is 5.75 Å². The summed E-state index contributed by atoms with van der Waals surface area (Å²) in [5.74, 6) is 0.937. The molecule has 0 atom stereocenters. The summed E-state index contributed by atoms with van der Waals surface area (Å²) < 4.78 is 5.49. The number of carbonyl (C=O) groups is 1. The molecule has 0 aromatic heterocycles. The maximum atomic E-state index is 12.0. The minimum absolute atomic E-state index is 0.0336. The summed E-state index contributed by atoms with van der Waals surface area (Å²) in [6, 6.07) is 15.7. The first-order valence-electron chi connectivity index (χ1n) is 9.35. The predicted octanol–water partition coefficient (Wildman–Crippen LogP) is 3.48. The van der Waals surface area contributed by atoms with Crippen LogP contribution in [0.4, 0.5) is 5.69 Å². The highest BCUT2D eigenvalue weighted by Gasteiger charge is 2.21. The standard InChI is InChI=1S/C22H25N3O2/c1-3-27-20-7-4-18(5-8-20)16-24-10-12-25(13-11-24)22-14-19(15-23)6-9-21(22)17(2)26/h4-9,14H,3,10-13,16H2,1-2H3. The van der Waals surface area contributed by atoms with Gasteiger partial charge in [0.15, 0.2) is 5.78 Å². The van der Waals surface area contributed by atoms with E-state index in [1.807, 2.05) is 25.1 Å². The number of anilines is 1. The van der Waals surface area contributed by atoms with Crippen LogP contribution in [0.2, 0.25) is 0 Å². The molecule has 0 radical (unpaired) electrons. The number of ketones is 1. The molecule has 2 aromatic rings. The third-order valence-corrected chi connectivity index (χ3v) is 4.86. The van der Waals surface area contributed by atoms with E-state index in [0.717, 1.165) is 44.2 Å². The van der Waals surface area contributed by atoms with E-state index in [2.05, 4.69) is 28.0 Å². The topological polar surface area (TPSA) is 56.6 Å². The van der Waals surface area contributed by atoms with Gasteiger partial charge in [0.25, 0.3) is 0 Å². The number of nitriles is 1. The highest BCUT2D eigenvalue weighted by Crippen LogP contribution is 2.25. The highest BCUT2D eigenvalue weighted by molar-refractivity contribution is 6.00. The molecule has 1 fully saturated rings. The molecule has 0 spiro atoms. The number of benzene rings is 2. The summed E-state index contributed by atoms with van der Waals surface area (Å²) in [5, 5.41) is 9.18. The Kier molecular flexibility index (Phi) is 6.10. The summed E-state index contributed by atoms with van der Waals surface area (Å²) in [7, 11) is 0. The Bertz CT molecular complexity index is 832. The maximum absolute atomic E-state index is 12.0. The second-order valence-corrected chi connectivity index (χ2v) is 6.74. The van der Waals surface area contributed by atoms with Gasteiger partial charge in [-0.25, -0.2) is 0 Å². The van der Waals surface area contributed by atoms with Gasteiger partial charge in [0, 0.05) is 44.0 Å². The third-order valence-electron chi connectivity index (χ3n) is 4.86. The fourth-order valence-corrected chi connectivity index (χ4v) is 3.42. The zero-order valence-electron chi connectivity index (χ0n) is 15.9. The molecule has 0 N–H and O–H groups in total. The van der Waals surface area contributed by atoms with Crippen LogP contribution < -0.4 is 9.64 Å². The smallest absolute Gasteiger partial charge is 0.161 e. The fourth-order valence-electron chi connectivity index (χ4n) is 3.42. The van der Waals surface area contributed by atoms with Gasteiger partial charge in [-0.2, -0.15) is 5.26 Å². The molecule has 0 unspecified atom stereocenters. The van der Waals surface area contributed by atoms with Gasteiger partial charge >= 0.3 is 0 Å². The van der Waals surface area contributed by atoms with Crippen LogP contribution in [-0.4, -0.2) is 43.5 Å². The zero-order chi connectivity index (χ0) is 19.2. The summed E-state index contributed by atoms with van der Waals surface area (Å²) in [6.07, 6.45) is 0. The molecular formula is C22H25N3O2. The average Bonchev–Trinajstić information content (AvgIpc) is 2.69. The second kappa shape index (κ2) is 8.70. The highest BCUT2D eigenvalue weighted by atomic mass is 16.5. The van der Waals surface area contributed by atoms with E-state index in [4.69, 9.17) is 4.74 Å². The number of rotatable bonds is 6. The Morgan fingerprint density at radius 2 is 1.81 bits per heavy atom. The Hall–Kier alpha value is -2.84. The van der Waals surface area contributed by atoms with Crippen molar-refractivity contribution in [2.45, 2.75) is 20.4 Å².